The van der Waals surface area contributed by atoms with Crippen molar-refractivity contribution in [2.75, 3.05) is 0 Å². The van der Waals surface area contributed by atoms with Crippen molar-refractivity contribution >= 4 is 28.8 Å². The monoisotopic (exact) mass is 291 g/mol. The second-order valence-corrected chi connectivity index (χ2v) is 4.85. The van der Waals surface area contributed by atoms with E-state index in [4.69, 9.17) is 12.2 Å². The number of nitrogens with one attached hydrogen (secondary N) is 2. The summed E-state index contributed by atoms with van der Waals surface area (Å²) in [6.07, 6.45) is 0. The van der Waals surface area contributed by atoms with Crippen LogP contribution in [0.2, 0.25) is 0 Å². The summed E-state index contributed by atoms with van der Waals surface area (Å²) >= 11 is 5.07. The highest BCUT2D eigenvalue weighted by atomic mass is 32.1. The molecule has 104 valence electrons. The van der Waals surface area contributed by atoms with Crippen LogP contribution < -0.4 is 10.6 Å². The van der Waals surface area contributed by atoms with Crippen LogP contribution in [0.4, 0.5) is 5.69 Å². The summed E-state index contributed by atoms with van der Waals surface area (Å²) in [6.45, 7) is 3.16. The van der Waals surface area contributed by atoms with E-state index in [0.29, 0.717) is 21.9 Å². The first kappa shape index (κ1) is 14.1. The maximum Gasteiger partial charge on any atom is 0.275 e. The van der Waals surface area contributed by atoms with Crippen LogP contribution in [0.1, 0.15) is 25.5 Å². The summed E-state index contributed by atoms with van der Waals surface area (Å²) in [5.41, 5.74) is 1.45. The molecule has 0 aliphatic carbocycles. The zero-order valence-corrected chi connectivity index (χ0v) is 11.8. The molecule has 0 spiro atoms. The molecular weight excluding hydrogens is 278 g/mol. The SMILES string of the molecule is CC(=O)C1=C(C)NC(=S)NC1c1ccccc1[N+](=O)[O-]. The molecule has 1 unspecified atom stereocenters. The molecular formula is C13H13N3O3S. The fraction of sp³-hybridized carbons (Fsp3) is 0.231. The Balaban J connectivity index is 2.61. The highest BCUT2D eigenvalue weighted by molar-refractivity contribution is 7.80. The van der Waals surface area contributed by atoms with Crippen molar-refractivity contribution in [2.24, 2.45) is 0 Å². The zero-order chi connectivity index (χ0) is 14.9. The predicted octanol–water partition coefficient (Wildman–Crippen LogP) is 1.98. The molecule has 0 radical (unpaired) electrons. The van der Waals surface area contributed by atoms with Crippen LogP contribution in [-0.2, 0) is 4.79 Å². The van der Waals surface area contributed by atoms with Gasteiger partial charge in [-0.05, 0) is 32.1 Å². The van der Waals surface area contributed by atoms with Gasteiger partial charge in [0.1, 0.15) is 0 Å². The van der Waals surface area contributed by atoms with E-state index in [9.17, 15) is 14.9 Å². The number of hydrogen-bond acceptors (Lipinski definition) is 4. The van der Waals surface area contributed by atoms with E-state index in [1.807, 2.05) is 0 Å². The summed E-state index contributed by atoms with van der Waals surface area (Å²) in [5, 5.41) is 17.3. The van der Waals surface area contributed by atoms with Crippen molar-refractivity contribution < 1.29 is 9.72 Å². The number of Topliss-reactive ketones (excluding diaryl/α,β-unsaturated/α-hetero) is 1. The second kappa shape index (κ2) is 5.38. The number of ketones is 1. The molecule has 0 amide bonds. The topological polar surface area (TPSA) is 84.3 Å². The number of carbonyl (C=O) groups excluding carboxylic acids is 1. The number of para-hydroxylation sites is 1. The summed E-state index contributed by atoms with van der Waals surface area (Å²) in [5.74, 6) is -0.159. The maximum absolute atomic E-state index is 11.8. The summed E-state index contributed by atoms with van der Waals surface area (Å²) in [7, 11) is 0. The minimum Gasteiger partial charge on any atom is -0.351 e. The highest BCUT2D eigenvalue weighted by Gasteiger charge is 2.31. The van der Waals surface area contributed by atoms with E-state index in [2.05, 4.69) is 10.6 Å². The number of rotatable bonds is 3. The quantitative estimate of drug-likeness (QED) is 0.503. The van der Waals surface area contributed by atoms with Gasteiger partial charge in [-0.2, -0.15) is 0 Å². The summed E-state index contributed by atoms with van der Waals surface area (Å²) in [4.78, 5) is 22.5. The number of hydrogen-bond donors (Lipinski definition) is 2. The second-order valence-electron chi connectivity index (χ2n) is 4.44. The van der Waals surface area contributed by atoms with Gasteiger partial charge in [0.2, 0.25) is 0 Å². The van der Waals surface area contributed by atoms with Gasteiger partial charge >= 0.3 is 0 Å². The van der Waals surface area contributed by atoms with Crippen LogP contribution in [0.15, 0.2) is 35.5 Å². The molecule has 20 heavy (non-hydrogen) atoms. The van der Waals surface area contributed by atoms with Crippen LogP contribution in [0.25, 0.3) is 0 Å². The number of benzene rings is 1. The van der Waals surface area contributed by atoms with Gasteiger partial charge < -0.3 is 10.6 Å². The lowest BCUT2D eigenvalue weighted by Crippen LogP contribution is -2.44. The van der Waals surface area contributed by atoms with Crippen LogP contribution in [0, 0.1) is 10.1 Å². The fourth-order valence-electron chi connectivity index (χ4n) is 2.29. The minimum absolute atomic E-state index is 0.0405. The van der Waals surface area contributed by atoms with Crippen molar-refractivity contribution in [3.05, 3.63) is 51.2 Å². The number of thiocarbonyl (C=S) groups is 1. The molecule has 0 aromatic heterocycles. The molecule has 2 rings (SSSR count). The van der Waals surface area contributed by atoms with E-state index < -0.39 is 11.0 Å². The Morgan fingerprint density at radius 1 is 1.40 bits per heavy atom. The Morgan fingerprint density at radius 3 is 2.65 bits per heavy atom. The first-order chi connectivity index (χ1) is 9.41. The third-order valence-corrected chi connectivity index (χ3v) is 3.31. The van der Waals surface area contributed by atoms with Crippen LogP contribution in [-0.4, -0.2) is 15.8 Å². The molecule has 6 nitrogen and oxygen atoms in total. The molecule has 1 heterocycles. The Hall–Kier alpha value is -2.28. The zero-order valence-electron chi connectivity index (χ0n) is 11.0. The number of nitro benzene ring substituents is 1. The first-order valence-corrected chi connectivity index (χ1v) is 6.35. The minimum atomic E-state index is -0.608. The third-order valence-electron chi connectivity index (χ3n) is 3.09. The van der Waals surface area contributed by atoms with E-state index in [1.165, 1.54) is 13.0 Å². The molecule has 1 aliphatic heterocycles. The third kappa shape index (κ3) is 2.53. The van der Waals surface area contributed by atoms with E-state index in [0.717, 1.165) is 0 Å². The Bertz CT molecular complexity index is 640. The van der Waals surface area contributed by atoms with Gasteiger partial charge in [-0.25, -0.2) is 0 Å². The molecule has 1 aliphatic rings. The van der Waals surface area contributed by atoms with Gasteiger partial charge in [-0.15, -0.1) is 0 Å². The fourth-order valence-corrected chi connectivity index (χ4v) is 2.56. The van der Waals surface area contributed by atoms with E-state index in [-0.39, 0.29) is 11.5 Å². The van der Waals surface area contributed by atoms with Crippen LogP contribution in [0.5, 0.6) is 0 Å². The molecule has 1 aromatic carbocycles. The average Bonchev–Trinajstić information content (AvgIpc) is 2.37. The van der Waals surface area contributed by atoms with Gasteiger partial charge in [-0.1, -0.05) is 12.1 Å². The average molecular weight is 291 g/mol. The van der Waals surface area contributed by atoms with Gasteiger partial charge in [-0.3, -0.25) is 14.9 Å². The van der Waals surface area contributed by atoms with Gasteiger partial charge in [0.15, 0.2) is 10.9 Å². The van der Waals surface area contributed by atoms with Crippen molar-refractivity contribution in [2.45, 2.75) is 19.9 Å². The summed E-state index contributed by atoms with van der Waals surface area (Å²) < 4.78 is 0. The molecule has 0 fully saturated rings. The van der Waals surface area contributed by atoms with Crippen molar-refractivity contribution in [3.8, 4) is 0 Å². The molecule has 1 aromatic rings. The van der Waals surface area contributed by atoms with Gasteiger partial charge in [0, 0.05) is 17.3 Å². The number of allylic oxidation sites excluding steroid dienone is 1. The molecule has 2 N–H and O–H groups in total. The lowest BCUT2D eigenvalue weighted by atomic mass is 9.92. The lowest BCUT2D eigenvalue weighted by Gasteiger charge is -2.29. The van der Waals surface area contributed by atoms with Gasteiger partial charge in [0.25, 0.3) is 5.69 Å². The van der Waals surface area contributed by atoms with Crippen LogP contribution >= 0.6 is 12.2 Å². The van der Waals surface area contributed by atoms with E-state index in [1.54, 1.807) is 25.1 Å². The normalized spacial score (nSPS) is 18.3. The molecule has 7 heteroatoms. The van der Waals surface area contributed by atoms with Gasteiger partial charge in [0.05, 0.1) is 16.5 Å². The molecule has 1 atom stereocenters. The standard InChI is InChI=1S/C13H13N3O3S/c1-7-11(8(2)17)12(15-13(20)14-7)9-5-3-4-6-10(9)16(18)19/h3-6,12H,1-2H3,(H2,14,15,20). The van der Waals surface area contributed by atoms with E-state index >= 15 is 0 Å². The Kier molecular flexibility index (Phi) is 3.80. The van der Waals surface area contributed by atoms with Crippen molar-refractivity contribution in [1.29, 1.82) is 0 Å². The molecule has 0 bridgehead atoms. The largest absolute Gasteiger partial charge is 0.351 e. The number of nitro groups is 1. The molecule has 0 saturated carbocycles. The Morgan fingerprint density at radius 2 is 2.05 bits per heavy atom. The number of nitrogens with zero attached hydrogens (tertiary/aromatic N) is 1. The first-order valence-electron chi connectivity index (χ1n) is 5.94. The lowest BCUT2D eigenvalue weighted by molar-refractivity contribution is -0.385. The molecule has 0 saturated heterocycles. The maximum atomic E-state index is 11.8. The Labute approximate surface area is 121 Å². The van der Waals surface area contributed by atoms with Crippen molar-refractivity contribution in [3.63, 3.8) is 0 Å². The number of carbonyl (C=O) groups is 1. The predicted molar refractivity (Wildman–Crippen MR) is 78.1 cm³/mol. The highest BCUT2D eigenvalue weighted by Crippen LogP contribution is 2.32. The van der Waals surface area contributed by atoms with Crippen LogP contribution in [0.3, 0.4) is 0 Å². The smallest absolute Gasteiger partial charge is 0.275 e. The summed E-state index contributed by atoms with van der Waals surface area (Å²) in [6, 6.07) is 5.71. The van der Waals surface area contributed by atoms with Crippen molar-refractivity contribution in [1.82, 2.24) is 10.6 Å².